The van der Waals surface area contributed by atoms with E-state index >= 15 is 0 Å². The Kier molecular flexibility index (Phi) is 6.44. The Balaban J connectivity index is 1.58. The van der Waals surface area contributed by atoms with Crippen LogP contribution in [0, 0.1) is 0 Å². The van der Waals surface area contributed by atoms with Gasteiger partial charge in [0.1, 0.15) is 0 Å². The maximum atomic E-state index is 12.6. The molecule has 0 saturated heterocycles. The fourth-order valence-electron chi connectivity index (χ4n) is 2.88. The molecule has 7 heteroatoms. The fourth-order valence-corrected chi connectivity index (χ4v) is 2.88. The van der Waals surface area contributed by atoms with Crippen molar-refractivity contribution in [1.29, 1.82) is 0 Å². The second-order valence-corrected chi connectivity index (χ2v) is 6.59. The highest BCUT2D eigenvalue weighted by molar-refractivity contribution is 6.06. The molecule has 0 unspecified atom stereocenters. The van der Waals surface area contributed by atoms with Crippen LogP contribution in [0.1, 0.15) is 20.7 Å². The molecule has 0 heterocycles. The molecule has 7 nitrogen and oxygen atoms in total. The predicted octanol–water partition coefficient (Wildman–Crippen LogP) is 3.11. The molecule has 0 aliphatic rings. The number of carbonyl (C=O) groups is 3. The Bertz CT molecular complexity index is 1050. The van der Waals surface area contributed by atoms with Gasteiger partial charge < -0.3 is 21.3 Å². The number of primary amides is 1. The lowest BCUT2D eigenvalue weighted by molar-refractivity contribution is -0.114. The van der Waals surface area contributed by atoms with Crippen LogP contribution in [0.4, 0.5) is 17.1 Å². The first kappa shape index (κ1) is 20.6. The van der Waals surface area contributed by atoms with Crippen LogP contribution in [-0.4, -0.2) is 31.3 Å². The average Bonchev–Trinajstić information content (AvgIpc) is 2.78. The normalized spacial score (nSPS) is 10.2. The van der Waals surface area contributed by atoms with Crippen molar-refractivity contribution in [3.8, 4) is 0 Å². The van der Waals surface area contributed by atoms with E-state index in [-0.39, 0.29) is 23.9 Å². The van der Waals surface area contributed by atoms with Crippen molar-refractivity contribution in [2.24, 2.45) is 5.73 Å². The van der Waals surface area contributed by atoms with Gasteiger partial charge in [-0.2, -0.15) is 0 Å². The first-order valence-electron chi connectivity index (χ1n) is 9.31. The van der Waals surface area contributed by atoms with Gasteiger partial charge in [0.15, 0.2) is 0 Å². The van der Waals surface area contributed by atoms with Crippen LogP contribution >= 0.6 is 0 Å². The number of carbonyl (C=O) groups excluding carboxylic acids is 3. The highest BCUT2D eigenvalue weighted by atomic mass is 16.2. The van der Waals surface area contributed by atoms with E-state index in [2.05, 4.69) is 10.6 Å². The van der Waals surface area contributed by atoms with E-state index in [0.717, 1.165) is 5.69 Å². The van der Waals surface area contributed by atoms with Crippen LogP contribution in [0.25, 0.3) is 0 Å². The lowest BCUT2D eigenvalue weighted by atomic mass is 10.1. The number of nitrogens with two attached hydrogens (primary N) is 1. The molecule has 4 N–H and O–H groups in total. The molecule has 152 valence electrons. The summed E-state index contributed by atoms with van der Waals surface area (Å²) in [4.78, 5) is 37.8. The number of anilines is 3. The van der Waals surface area contributed by atoms with Gasteiger partial charge in [0, 0.05) is 24.0 Å². The van der Waals surface area contributed by atoms with Crippen LogP contribution in [0.3, 0.4) is 0 Å². The molecule has 0 saturated carbocycles. The Morgan fingerprint density at radius 3 is 2.17 bits per heavy atom. The second kappa shape index (κ2) is 9.38. The summed E-state index contributed by atoms with van der Waals surface area (Å²) in [5, 5.41) is 5.65. The minimum absolute atomic E-state index is 0.00962. The van der Waals surface area contributed by atoms with Crippen molar-refractivity contribution < 1.29 is 14.4 Å². The second-order valence-electron chi connectivity index (χ2n) is 6.59. The lowest BCUT2D eigenvalue weighted by Gasteiger charge is -2.17. The summed E-state index contributed by atoms with van der Waals surface area (Å²) in [7, 11) is 1.72. The number of hydrogen-bond acceptors (Lipinski definition) is 4. The third kappa shape index (κ3) is 5.02. The number of para-hydroxylation sites is 2. The number of hydrogen-bond donors (Lipinski definition) is 3. The van der Waals surface area contributed by atoms with Crippen LogP contribution in [0.2, 0.25) is 0 Å². The van der Waals surface area contributed by atoms with Crippen molar-refractivity contribution in [3.05, 3.63) is 90.0 Å². The van der Waals surface area contributed by atoms with Crippen molar-refractivity contribution in [1.82, 2.24) is 0 Å². The predicted molar refractivity (Wildman–Crippen MR) is 118 cm³/mol. The summed E-state index contributed by atoms with van der Waals surface area (Å²) in [5.74, 6) is -1.07. The minimum atomic E-state index is -0.611. The third-order valence-corrected chi connectivity index (χ3v) is 4.50. The zero-order chi connectivity index (χ0) is 21.5. The molecule has 0 atom stereocenters. The van der Waals surface area contributed by atoms with Crippen LogP contribution in [0.5, 0.6) is 0 Å². The van der Waals surface area contributed by atoms with Crippen molar-refractivity contribution in [3.63, 3.8) is 0 Å². The van der Waals surface area contributed by atoms with E-state index in [0.29, 0.717) is 16.9 Å². The monoisotopic (exact) mass is 402 g/mol. The highest BCUT2D eigenvalue weighted by Gasteiger charge is 2.13. The van der Waals surface area contributed by atoms with Gasteiger partial charge in [-0.25, -0.2) is 0 Å². The molecule has 0 bridgehead atoms. The van der Waals surface area contributed by atoms with E-state index in [1.807, 2.05) is 30.3 Å². The van der Waals surface area contributed by atoms with Gasteiger partial charge in [-0.1, -0.05) is 30.3 Å². The fraction of sp³-hybridized carbons (Fsp3) is 0.0870. The summed E-state index contributed by atoms with van der Waals surface area (Å²) >= 11 is 0. The number of nitrogens with one attached hydrogen (secondary N) is 2. The summed E-state index contributed by atoms with van der Waals surface area (Å²) in [5.41, 5.74) is 7.95. The summed E-state index contributed by atoms with van der Waals surface area (Å²) in [6.07, 6.45) is 0. The molecule has 3 rings (SSSR count). The third-order valence-electron chi connectivity index (χ3n) is 4.50. The van der Waals surface area contributed by atoms with Crippen molar-refractivity contribution in [2.75, 3.05) is 29.1 Å². The number of amides is 3. The first-order chi connectivity index (χ1) is 14.5. The molecule has 3 amide bonds. The van der Waals surface area contributed by atoms with E-state index in [1.54, 1.807) is 60.5 Å². The highest BCUT2D eigenvalue weighted by Crippen LogP contribution is 2.17. The molecule has 0 fully saturated rings. The molecule has 30 heavy (non-hydrogen) atoms. The zero-order valence-corrected chi connectivity index (χ0v) is 16.5. The zero-order valence-electron chi connectivity index (χ0n) is 16.5. The van der Waals surface area contributed by atoms with Gasteiger partial charge in [0.2, 0.25) is 5.91 Å². The van der Waals surface area contributed by atoms with Crippen LogP contribution in [-0.2, 0) is 4.79 Å². The molecule has 0 spiro atoms. The first-order valence-corrected chi connectivity index (χ1v) is 9.31. The number of nitrogens with zero attached hydrogens (tertiary/aromatic N) is 1. The Labute approximate surface area is 174 Å². The molecular formula is C23H22N4O3. The number of benzene rings is 3. The maximum Gasteiger partial charge on any atom is 0.258 e. The smallest absolute Gasteiger partial charge is 0.258 e. The summed E-state index contributed by atoms with van der Waals surface area (Å²) in [6.45, 7) is -0.00962. The van der Waals surface area contributed by atoms with E-state index in [1.165, 1.54) is 0 Å². The molecule has 3 aromatic carbocycles. The van der Waals surface area contributed by atoms with Crippen LogP contribution < -0.4 is 21.3 Å². The molecule has 0 aliphatic heterocycles. The average molecular weight is 402 g/mol. The lowest BCUT2D eigenvalue weighted by Crippen LogP contribution is -2.26. The molecule has 0 radical (unpaired) electrons. The van der Waals surface area contributed by atoms with Crippen LogP contribution in [0.15, 0.2) is 78.9 Å². The minimum Gasteiger partial charge on any atom is -0.376 e. The Hall–Kier alpha value is -4.13. The van der Waals surface area contributed by atoms with E-state index < -0.39 is 5.91 Å². The van der Waals surface area contributed by atoms with Gasteiger partial charge in [0.25, 0.3) is 11.8 Å². The quantitative estimate of drug-likeness (QED) is 0.565. The summed E-state index contributed by atoms with van der Waals surface area (Å²) in [6, 6.07) is 22.8. The van der Waals surface area contributed by atoms with Gasteiger partial charge in [-0.3, -0.25) is 14.4 Å². The Morgan fingerprint density at radius 2 is 1.50 bits per heavy atom. The molecule has 0 aliphatic carbocycles. The summed E-state index contributed by atoms with van der Waals surface area (Å²) < 4.78 is 0. The number of rotatable bonds is 7. The van der Waals surface area contributed by atoms with Crippen molar-refractivity contribution in [2.45, 2.75) is 0 Å². The molecule has 0 aromatic heterocycles. The van der Waals surface area contributed by atoms with Crippen molar-refractivity contribution >= 4 is 34.8 Å². The molecular weight excluding hydrogens is 380 g/mol. The topological polar surface area (TPSA) is 105 Å². The SMILES string of the molecule is CN(C(=O)c1ccc(NCC(=O)Nc2ccccc2C(N)=O)cc1)c1ccccc1. The molecule has 3 aromatic rings. The van der Waals surface area contributed by atoms with Gasteiger partial charge in [-0.15, -0.1) is 0 Å². The largest absolute Gasteiger partial charge is 0.376 e. The van der Waals surface area contributed by atoms with E-state index in [4.69, 9.17) is 5.73 Å². The standard InChI is InChI=1S/C23H22N4O3/c1-27(18-7-3-2-4-8-18)23(30)16-11-13-17(14-12-16)25-15-21(28)26-20-10-6-5-9-19(20)22(24)29/h2-14,25H,15H2,1H3,(H2,24,29)(H,26,28). The van der Waals surface area contributed by atoms with Gasteiger partial charge in [0.05, 0.1) is 17.8 Å². The van der Waals surface area contributed by atoms with Gasteiger partial charge in [-0.05, 0) is 48.5 Å². The Morgan fingerprint density at radius 1 is 0.867 bits per heavy atom. The van der Waals surface area contributed by atoms with E-state index in [9.17, 15) is 14.4 Å². The van der Waals surface area contributed by atoms with Gasteiger partial charge >= 0.3 is 0 Å². The maximum absolute atomic E-state index is 12.6.